The molecule has 0 fully saturated rings. The molecule has 0 aliphatic rings. The summed E-state index contributed by atoms with van der Waals surface area (Å²) in [6.07, 6.45) is 0.750. The molecular formula is C12H17N3O. The Morgan fingerprint density at radius 1 is 1.38 bits per heavy atom. The van der Waals surface area contributed by atoms with Crippen molar-refractivity contribution >= 4 is 10.9 Å². The average molecular weight is 219 g/mol. The zero-order chi connectivity index (χ0) is 11.7. The second kappa shape index (κ2) is 4.14. The molecule has 0 saturated carbocycles. The normalized spacial score (nSPS) is 11.2. The highest BCUT2D eigenvalue weighted by Gasteiger charge is 2.12. The van der Waals surface area contributed by atoms with Crippen molar-refractivity contribution in [1.82, 2.24) is 9.36 Å². The summed E-state index contributed by atoms with van der Waals surface area (Å²) in [6.45, 7) is 3.23. The third-order valence-electron chi connectivity index (χ3n) is 3.00. The highest BCUT2D eigenvalue weighted by atomic mass is 16.1. The van der Waals surface area contributed by atoms with Crippen LogP contribution in [-0.4, -0.2) is 15.9 Å². The van der Waals surface area contributed by atoms with Gasteiger partial charge < -0.3 is 5.73 Å². The summed E-state index contributed by atoms with van der Waals surface area (Å²) in [5.74, 6) is 0. The standard InChI is InChI=1S/C12H17N3O/c1-3-15-12(16)11-9(7-8-13)5-4-6-10(11)14(15)2/h4-6H,3,7-8,13H2,1-2H3. The molecule has 1 aromatic carbocycles. The van der Waals surface area contributed by atoms with Gasteiger partial charge in [0.15, 0.2) is 0 Å². The van der Waals surface area contributed by atoms with E-state index in [-0.39, 0.29) is 5.56 Å². The predicted octanol–water partition coefficient (Wildman–Crippen LogP) is 0.861. The van der Waals surface area contributed by atoms with Gasteiger partial charge in [-0.2, -0.15) is 0 Å². The monoisotopic (exact) mass is 219 g/mol. The van der Waals surface area contributed by atoms with Crippen molar-refractivity contribution in [2.24, 2.45) is 12.8 Å². The van der Waals surface area contributed by atoms with Crippen LogP contribution in [0, 0.1) is 0 Å². The van der Waals surface area contributed by atoms with Gasteiger partial charge in [-0.05, 0) is 31.5 Å². The maximum atomic E-state index is 12.2. The molecule has 0 aliphatic carbocycles. The minimum Gasteiger partial charge on any atom is -0.330 e. The second-order valence-corrected chi connectivity index (χ2v) is 3.89. The molecule has 0 saturated heterocycles. The highest BCUT2D eigenvalue weighted by molar-refractivity contribution is 5.82. The van der Waals surface area contributed by atoms with Gasteiger partial charge in [-0.25, -0.2) is 0 Å². The van der Waals surface area contributed by atoms with Crippen LogP contribution in [0.25, 0.3) is 10.9 Å². The Labute approximate surface area is 94.3 Å². The van der Waals surface area contributed by atoms with E-state index in [4.69, 9.17) is 5.73 Å². The lowest BCUT2D eigenvalue weighted by Crippen LogP contribution is -2.20. The first-order chi connectivity index (χ1) is 7.70. The van der Waals surface area contributed by atoms with Gasteiger partial charge in [-0.1, -0.05) is 12.1 Å². The van der Waals surface area contributed by atoms with Crippen molar-refractivity contribution in [3.63, 3.8) is 0 Å². The summed E-state index contributed by atoms with van der Waals surface area (Å²) in [5.41, 5.74) is 7.68. The number of nitrogens with two attached hydrogens (primary N) is 1. The third-order valence-corrected chi connectivity index (χ3v) is 3.00. The Hall–Kier alpha value is -1.55. The molecule has 86 valence electrons. The van der Waals surface area contributed by atoms with E-state index in [1.54, 1.807) is 4.68 Å². The van der Waals surface area contributed by atoms with Gasteiger partial charge in [0.05, 0.1) is 10.9 Å². The number of hydrogen-bond donors (Lipinski definition) is 1. The lowest BCUT2D eigenvalue weighted by Gasteiger charge is -2.03. The lowest BCUT2D eigenvalue weighted by molar-refractivity contribution is 0.532. The molecule has 0 radical (unpaired) electrons. The van der Waals surface area contributed by atoms with Gasteiger partial charge in [0.2, 0.25) is 0 Å². The molecule has 0 atom stereocenters. The topological polar surface area (TPSA) is 52.9 Å². The molecular weight excluding hydrogens is 202 g/mol. The lowest BCUT2D eigenvalue weighted by atomic mass is 10.1. The third kappa shape index (κ3) is 1.46. The van der Waals surface area contributed by atoms with Crippen LogP contribution in [0.5, 0.6) is 0 Å². The fourth-order valence-corrected chi connectivity index (χ4v) is 2.22. The van der Waals surface area contributed by atoms with Crippen LogP contribution in [0.2, 0.25) is 0 Å². The molecule has 2 rings (SSSR count). The van der Waals surface area contributed by atoms with Crippen LogP contribution in [0.4, 0.5) is 0 Å². The zero-order valence-electron chi connectivity index (χ0n) is 9.73. The zero-order valence-corrected chi connectivity index (χ0v) is 9.73. The van der Waals surface area contributed by atoms with E-state index in [0.717, 1.165) is 22.9 Å². The number of aryl methyl sites for hydroxylation is 1. The molecule has 16 heavy (non-hydrogen) atoms. The first kappa shape index (κ1) is 11.0. The summed E-state index contributed by atoms with van der Waals surface area (Å²) in [5, 5.41) is 0.817. The van der Waals surface area contributed by atoms with E-state index >= 15 is 0 Å². The minimum absolute atomic E-state index is 0.0871. The van der Waals surface area contributed by atoms with E-state index in [1.807, 2.05) is 36.9 Å². The molecule has 4 nitrogen and oxygen atoms in total. The van der Waals surface area contributed by atoms with Crippen LogP contribution in [-0.2, 0) is 20.0 Å². The van der Waals surface area contributed by atoms with E-state index < -0.39 is 0 Å². The quantitative estimate of drug-likeness (QED) is 0.832. The van der Waals surface area contributed by atoms with Crippen LogP contribution in [0.3, 0.4) is 0 Å². The van der Waals surface area contributed by atoms with Crippen molar-refractivity contribution < 1.29 is 0 Å². The summed E-state index contributed by atoms with van der Waals surface area (Å²) in [7, 11) is 1.92. The molecule has 2 aromatic rings. The fraction of sp³-hybridized carbons (Fsp3) is 0.417. The van der Waals surface area contributed by atoms with Crippen molar-refractivity contribution in [2.75, 3.05) is 6.54 Å². The van der Waals surface area contributed by atoms with Crippen LogP contribution >= 0.6 is 0 Å². The molecule has 0 bridgehead atoms. The average Bonchev–Trinajstić information content (AvgIpc) is 2.53. The summed E-state index contributed by atoms with van der Waals surface area (Å²) in [4.78, 5) is 12.2. The van der Waals surface area contributed by atoms with E-state index in [2.05, 4.69) is 0 Å². The number of hydrogen-bond acceptors (Lipinski definition) is 2. The Bertz CT molecular complexity index is 565. The summed E-state index contributed by atoms with van der Waals surface area (Å²) < 4.78 is 3.66. The fourth-order valence-electron chi connectivity index (χ4n) is 2.22. The van der Waals surface area contributed by atoms with Gasteiger partial charge >= 0.3 is 0 Å². The maximum absolute atomic E-state index is 12.2. The van der Waals surface area contributed by atoms with Gasteiger partial charge in [0.25, 0.3) is 5.56 Å². The molecule has 1 aromatic heterocycles. The Kier molecular flexibility index (Phi) is 2.83. The summed E-state index contributed by atoms with van der Waals surface area (Å²) in [6, 6.07) is 5.94. The largest absolute Gasteiger partial charge is 0.330 e. The molecule has 4 heteroatoms. The van der Waals surface area contributed by atoms with Gasteiger partial charge in [0, 0.05) is 13.6 Å². The smallest absolute Gasteiger partial charge is 0.274 e. The molecule has 2 N–H and O–H groups in total. The molecule has 0 unspecified atom stereocenters. The molecule has 1 heterocycles. The van der Waals surface area contributed by atoms with Crippen LogP contribution in [0.1, 0.15) is 12.5 Å². The number of nitrogens with zero attached hydrogens (tertiary/aromatic N) is 2. The maximum Gasteiger partial charge on any atom is 0.274 e. The van der Waals surface area contributed by atoms with Crippen molar-refractivity contribution in [2.45, 2.75) is 19.9 Å². The Morgan fingerprint density at radius 3 is 2.75 bits per heavy atom. The Morgan fingerprint density at radius 2 is 2.12 bits per heavy atom. The van der Waals surface area contributed by atoms with Crippen molar-refractivity contribution in [3.8, 4) is 0 Å². The molecule has 0 aliphatic heterocycles. The van der Waals surface area contributed by atoms with Gasteiger partial charge in [-0.15, -0.1) is 0 Å². The van der Waals surface area contributed by atoms with E-state index in [9.17, 15) is 4.79 Å². The van der Waals surface area contributed by atoms with Crippen molar-refractivity contribution in [3.05, 3.63) is 34.1 Å². The van der Waals surface area contributed by atoms with Crippen molar-refractivity contribution in [1.29, 1.82) is 0 Å². The predicted molar refractivity (Wildman–Crippen MR) is 65.6 cm³/mol. The summed E-state index contributed by atoms with van der Waals surface area (Å²) >= 11 is 0. The molecule has 0 spiro atoms. The highest BCUT2D eigenvalue weighted by Crippen LogP contribution is 2.15. The van der Waals surface area contributed by atoms with Gasteiger partial charge in [-0.3, -0.25) is 14.2 Å². The Balaban J connectivity index is 2.82. The van der Waals surface area contributed by atoms with E-state index in [1.165, 1.54) is 0 Å². The van der Waals surface area contributed by atoms with Crippen LogP contribution in [0.15, 0.2) is 23.0 Å². The van der Waals surface area contributed by atoms with Gasteiger partial charge in [0.1, 0.15) is 0 Å². The second-order valence-electron chi connectivity index (χ2n) is 3.89. The van der Waals surface area contributed by atoms with Crippen LogP contribution < -0.4 is 11.3 Å². The molecule has 0 amide bonds. The first-order valence-corrected chi connectivity index (χ1v) is 5.58. The number of fused-ring (bicyclic) bond motifs is 1. The number of rotatable bonds is 3. The number of aromatic nitrogens is 2. The van der Waals surface area contributed by atoms with E-state index in [0.29, 0.717) is 13.1 Å². The minimum atomic E-state index is 0.0871. The first-order valence-electron chi connectivity index (χ1n) is 5.58. The number of benzene rings is 1. The SMILES string of the molecule is CCn1c(=O)c2c(CCN)cccc2n1C.